The molecule has 1 aromatic carbocycles. The molecule has 0 saturated heterocycles. The number of H-pyrrole nitrogens is 1. The first-order valence-corrected chi connectivity index (χ1v) is 6.52. The van der Waals surface area contributed by atoms with Crippen LogP contribution in [-0.2, 0) is 0 Å². The van der Waals surface area contributed by atoms with Crippen LogP contribution < -0.4 is 0 Å². The number of hydrogen-bond acceptors (Lipinski definition) is 4. The lowest BCUT2D eigenvalue weighted by atomic mass is 10.2. The highest BCUT2D eigenvalue weighted by Crippen LogP contribution is 2.15. The third-order valence-corrected chi connectivity index (χ3v) is 3.01. The fraction of sp³-hybridized carbons (Fsp3) is 0. The van der Waals surface area contributed by atoms with Gasteiger partial charge in [-0.15, -0.1) is 0 Å². The third-order valence-electron chi connectivity index (χ3n) is 2.74. The number of rotatable bonds is 3. The maximum Gasteiger partial charge on any atom is 0.216 e. The van der Waals surface area contributed by atoms with E-state index in [2.05, 4.69) is 20.3 Å². The van der Waals surface area contributed by atoms with Gasteiger partial charge in [-0.25, -0.2) is 9.49 Å². The molecule has 7 heteroatoms. The van der Waals surface area contributed by atoms with Crippen LogP contribution in [0, 0.1) is 10.6 Å². The van der Waals surface area contributed by atoms with E-state index >= 15 is 0 Å². The van der Waals surface area contributed by atoms with E-state index in [-0.39, 0.29) is 5.82 Å². The lowest BCUT2D eigenvalue weighted by molar-refractivity contribution is 0.627. The molecule has 0 bridgehead atoms. The molecule has 0 radical (unpaired) electrons. The summed E-state index contributed by atoms with van der Waals surface area (Å²) < 4.78 is 15.0. The predicted octanol–water partition coefficient (Wildman–Crippen LogP) is 3.02. The van der Waals surface area contributed by atoms with Gasteiger partial charge >= 0.3 is 0 Å². The maximum atomic E-state index is 13.1. The molecule has 3 aromatic rings. The Hall–Kier alpha value is -2.67. The zero-order chi connectivity index (χ0) is 14.7. The highest BCUT2D eigenvalue weighted by molar-refractivity contribution is 7.71. The summed E-state index contributed by atoms with van der Waals surface area (Å²) in [5.41, 5.74) is 1.41. The van der Waals surface area contributed by atoms with Crippen molar-refractivity contribution in [3.05, 3.63) is 64.9 Å². The minimum absolute atomic E-state index is 0.317. The average molecular weight is 299 g/mol. The zero-order valence-corrected chi connectivity index (χ0v) is 11.6. The number of nitrogens with one attached hydrogen (secondary N) is 1. The summed E-state index contributed by atoms with van der Waals surface area (Å²) in [5, 5.41) is 11.1. The van der Waals surface area contributed by atoms with Crippen LogP contribution in [0.1, 0.15) is 5.56 Å². The van der Waals surface area contributed by atoms with Gasteiger partial charge in [-0.2, -0.15) is 14.9 Å². The van der Waals surface area contributed by atoms with Crippen molar-refractivity contribution >= 4 is 18.4 Å². The Morgan fingerprint density at radius 1 is 1.29 bits per heavy atom. The van der Waals surface area contributed by atoms with Gasteiger partial charge in [-0.05, 0) is 42.0 Å². The van der Waals surface area contributed by atoms with E-state index in [0.717, 1.165) is 5.56 Å². The second-order valence-electron chi connectivity index (χ2n) is 4.21. The Morgan fingerprint density at radius 2 is 2.19 bits per heavy atom. The van der Waals surface area contributed by atoms with Crippen molar-refractivity contribution in [2.75, 3.05) is 0 Å². The second-order valence-corrected chi connectivity index (χ2v) is 4.59. The van der Waals surface area contributed by atoms with Gasteiger partial charge in [0.15, 0.2) is 5.82 Å². The number of aromatic amines is 1. The van der Waals surface area contributed by atoms with Gasteiger partial charge in [0.25, 0.3) is 0 Å². The van der Waals surface area contributed by atoms with Crippen molar-refractivity contribution in [2.45, 2.75) is 0 Å². The number of nitrogens with zero attached hydrogens (tertiary/aromatic N) is 4. The van der Waals surface area contributed by atoms with Crippen LogP contribution in [0.5, 0.6) is 0 Å². The Labute approximate surface area is 124 Å². The summed E-state index contributed by atoms with van der Waals surface area (Å²) in [4.78, 5) is 4.04. The standard InChI is InChI=1S/C14H10FN5S/c15-12-5-1-3-10(7-12)8-17-20-13(18-19-14(20)21)11-4-2-6-16-9-11/h1-9H,(H,19,21)/b17-8+. The fourth-order valence-corrected chi connectivity index (χ4v) is 1.97. The fourth-order valence-electron chi connectivity index (χ4n) is 1.79. The van der Waals surface area contributed by atoms with Gasteiger partial charge in [-0.3, -0.25) is 4.98 Å². The topological polar surface area (TPSA) is 58.9 Å². The summed E-state index contributed by atoms with van der Waals surface area (Å²) in [7, 11) is 0. The Balaban J connectivity index is 2.00. The van der Waals surface area contributed by atoms with Crippen LogP contribution in [0.15, 0.2) is 53.9 Å². The Kier molecular flexibility index (Phi) is 3.65. The molecule has 0 aliphatic rings. The van der Waals surface area contributed by atoms with Crippen LogP contribution in [0.3, 0.4) is 0 Å². The van der Waals surface area contributed by atoms with Gasteiger partial charge in [0, 0.05) is 18.0 Å². The van der Waals surface area contributed by atoms with E-state index in [0.29, 0.717) is 16.2 Å². The van der Waals surface area contributed by atoms with Crippen molar-refractivity contribution in [3.8, 4) is 11.4 Å². The smallest absolute Gasteiger partial charge is 0.216 e. The zero-order valence-electron chi connectivity index (χ0n) is 10.8. The van der Waals surface area contributed by atoms with Crippen LogP contribution >= 0.6 is 12.2 Å². The second kappa shape index (κ2) is 5.76. The first-order valence-electron chi connectivity index (χ1n) is 6.12. The lowest BCUT2D eigenvalue weighted by Gasteiger charge is -2.00. The summed E-state index contributed by atoms with van der Waals surface area (Å²) in [6.45, 7) is 0. The van der Waals surface area contributed by atoms with E-state index in [4.69, 9.17) is 12.2 Å². The molecule has 0 amide bonds. The van der Waals surface area contributed by atoms with Gasteiger partial charge < -0.3 is 0 Å². The van der Waals surface area contributed by atoms with E-state index in [1.54, 1.807) is 30.6 Å². The Morgan fingerprint density at radius 3 is 2.95 bits per heavy atom. The molecule has 0 spiro atoms. The molecule has 2 aromatic heterocycles. The van der Waals surface area contributed by atoms with E-state index in [9.17, 15) is 4.39 Å². The highest BCUT2D eigenvalue weighted by atomic mass is 32.1. The van der Waals surface area contributed by atoms with Crippen LogP contribution in [0.25, 0.3) is 11.4 Å². The quantitative estimate of drug-likeness (QED) is 0.597. The first kappa shape index (κ1) is 13.3. The molecule has 1 N–H and O–H groups in total. The molecule has 0 atom stereocenters. The molecular weight excluding hydrogens is 289 g/mol. The number of pyridine rings is 1. The molecule has 0 fully saturated rings. The van der Waals surface area contributed by atoms with Gasteiger partial charge in [0.1, 0.15) is 5.82 Å². The molecule has 3 rings (SSSR count). The minimum Gasteiger partial charge on any atom is -0.264 e. The number of hydrogen-bond donors (Lipinski definition) is 1. The van der Waals surface area contributed by atoms with Crippen molar-refractivity contribution in [3.63, 3.8) is 0 Å². The number of aromatic nitrogens is 4. The van der Waals surface area contributed by atoms with E-state index < -0.39 is 0 Å². The molecule has 0 saturated carbocycles. The molecule has 2 heterocycles. The predicted molar refractivity (Wildman–Crippen MR) is 80.0 cm³/mol. The molecular formula is C14H10FN5S. The maximum absolute atomic E-state index is 13.1. The molecule has 104 valence electrons. The normalized spacial score (nSPS) is 11.1. The summed E-state index contributed by atoms with van der Waals surface area (Å²) >= 11 is 5.15. The molecule has 0 unspecified atom stereocenters. The molecule has 5 nitrogen and oxygen atoms in total. The van der Waals surface area contributed by atoms with Gasteiger partial charge in [0.05, 0.1) is 6.21 Å². The molecule has 0 aliphatic carbocycles. The summed E-state index contributed by atoms with van der Waals surface area (Å²) in [6.07, 6.45) is 4.86. The molecule has 0 aliphatic heterocycles. The van der Waals surface area contributed by atoms with Crippen molar-refractivity contribution < 1.29 is 4.39 Å². The van der Waals surface area contributed by atoms with E-state index in [1.807, 2.05) is 6.07 Å². The van der Waals surface area contributed by atoms with Gasteiger partial charge in [-0.1, -0.05) is 12.1 Å². The molecule has 21 heavy (non-hydrogen) atoms. The monoisotopic (exact) mass is 299 g/mol. The van der Waals surface area contributed by atoms with Crippen molar-refractivity contribution in [1.82, 2.24) is 19.9 Å². The highest BCUT2D eigenvalue weighted by Gasteiger charge is 2.07. The number of halogens is 1. The summed E-state index contributed by atoms with van der Waals surface area (Å²) in [6, 6.07) is 9.78. The van der Waals surface area contributed by atoms with Crippen LogP contribution in [0.2, 0.25) is 0 Å². The average Bonchev–Trinajstić information content (AvgIpc) is 2.87. The third kappa shape index (κ3) is 2.92. The van der Waals surface area contributed by atoms with E-state index in [1.165, 1.54) is 23.0 Å². The van der Waals surface area contributed by atoms with Crippen molar-refractivity contribution in [2.24, 2.45) is 5.10 Å². The summed E-state index contributed by atoms with van der Waals surface area (Å²) in [5.74, 6) is 0.225. The largest absolute Gasteiger partial charge is 0.264 e. The lowest BCUT2D eigenvalue weighted by Crippen LogP contribution is -1.95. The first-order chi connectivity index (χ1) is 10.2. The SMILES string of the molecule is Fc1cccc(/C=N/n2c(-c3cccnc3)n[nH]c2=S)c1. The van der Waals surface area contributed by atoms with Crippen LogP contribution in [-0.4, -0.2) is 26.1 Å². The minimum atomic E-state index is -0.317. The van der Waals surface area contributed by atoms with Crippen LogP contribution in [0.4, 0.5) is 4.39 Å². The van der Waals surface area contributed by atoms with Crippen molar-refractivity contribution in [1.29, 1.82) is 0 Å². The van der Waals surface area contributed by atoms with Gasteiger partial charge in [0.2, 0.25) is 4.77 Å². The number of benzene rings is 1. The Bertz CT molecular complexity index is 838.